The van der Waals surface area contributed by atoms with E-state index in [2.05, 4.69) is 46.1 Å². The molecule has 4 heteroatoms. The minimum atomic E-state index is 0.418. The second-order valence-electron chi connectivity index (χ2n) is 5.04. The number of fused-ring (bicyclic) bond motifs is 1. The number of rotatable bonds is 3. The van der Waals surface area contributed by atoms with Crippen molar-refractivity contribution in [3.63, 3.8) is 0 Å². The van der Waals surface area contributed by atoms with Crippen LogP contribution in [0.5, 0.6) is 0 Å². The molecule has 4 nitrogen and oxygen atoms in total. The minimum absolute atomic E-state index is 0.418. The van der Waals surface area contributed by atoms with Gasteiger partial charge in [-0.2, -0.15) is 5.10 Å². The Morgan fingerprint density at radius 1 is 1.37 bits per heavy atom. The Balaban J connectivity index is 1.75. The highest BCUT2D eigenvalue weighted by Gasteiger charge is 2.17. The Morgan fingerprint density at radius 2 is 2.26 bits per heavy atom. The van der Waals surface area contributed by atoms with E-state index >= 15 is 0 Å². The summed E-state index contributed by atoms with van der Waals surface area (Å²) in [5.74, 6) is 0. The Kier molecular flexibility index (Phi) is 3.62. The molecule has 19 heavy (non-hydrogen) atoms. The van der Waals surface area contributed by atoms with Crippen LogP contribution in [-0.2, 0) is 20.1 Å². The fraction of sp³-hybridized carbons (Fsp3) is 0.400. The molecule has 0 saturated carbocycles. The Hall–Kier alpha value is -1.65. The van der Waals surface area contributed by atoms with Gasteiger partial charge in [0.15, 0.2) is 0 Å². The van der Waals surface area contributed by atoms with E-state index in [1.54, 1.807) is 0 Å². The fourth-order valence-corrected chi connectivity index (χ4v) is 2.67. The van der Waals surface area contributed by atoms with Crippen LogP contribution in [0.4, 0.5) is 0 Å². The van der Waals surface area contributed by atoms with Gasteiger partial charge in [-0.15, -0.1) is 0 Å². The molecule has 1 aromatic heterocycles. The van der Waals surface area contributed by atoms with E-state index in [1.165, 1.54) is 16.8 Å². The molecule has 0 spiro atoms. The van der Waals surface area contributed by atoms with E-state index in [1.807, 2.05) is 17.9 Å². The van der Waals surface area contributed by atoms with Crippen molar-refractivity contribution < 1.29 is 0 Å². The first kappa shape index (κ1) is 12.4. The van der Waals surface area contributed by atoms with Gasteiger partial charge in [-0.1, -0.05) is 24.3 Å². The average Bonchev–Trinajstić information content (AvgIpc) is 2.73. The Morgan fingerprint density at radius 3 is 3.11 bits per heavy atom. The molecule has 0 saturated heterocycles. The summed E-state index contributed by atoms with van der Waals surface area (Å²) in [6, 6.07) is 11.2. The largest absolute Gasteiger partial charge is 0.313 e. The maximum atomic E-state index is 4.21. The van der Waals surface area contributed by atoms with Crippen LogP contribution in [0.2, 0.25) is 0 Å². The third-order valence-electron chi connectivity index (χ3n) is 3.81. The zero-order valence-corrected chi connectivity index (χ0v) is 11.3. The van der Waals surface area contributed by atoms with E-state index in [0.717, 1.165) is 26.1 Å². The van der Waals surface area contributed by atoms with Crippen LogP contribution in [0, 0.1) is 0 Å². The van der Waals surface area contributed by atoms with Gasteiger partial charge in [0.05, 0.1) is 5.69 Å². The van der Waals surface area contributed by atoms with Gasteiger partial charge in [-0.05, 0) is 30.2 Å². The number of hydrogen-bond donors (Lipinski definition) is 2. The standard InChI is InChI=1S/C15H20N4/c1-19-13(6-9-18-19)11-17-15-7-8-16-10-12-4-2-3-5-14(12)15/h2-6,9,15-17H,7-8,10-11H2,1H3. The van der Waals surface area contributed by atoms with E-state index in [0.29, 0.717) is 6.04 Å². The molecule has 0 bridgehead atoms. The quantitative estimate of drug-likeness (QED) is 0.879. The second-order valence-corrected chi connectivity index (χ2v) is 5.04. The van der Waals surface area contributed by atoms with E-state index in [9.17, 15) is 0 Å². The third-order valence-corrected chi connectivity index (χ3v) is 3.81. The summed E-state index contributed by atoms with van der Waals surface area (Å²) in [4.78, 5) is 0. The molecule has 1 unspecified atom stereocenters. The van der Waals surface area contributed by atoms with Crippen LogP contribution in [0.1, 0.15) is 29.3 Å². The van der Waals surface area contributed by atoms with E-state index < -0.39 is 0 Å². The second kappa shape index (κ2) is 5.55. The molecule has 1 atom stereocenters. The summed E-state index contributed by atoms with van der Waals surface area (Å²) < 4.78 is 1.92. The number of hydrogen-bond acceptors (Lipinski definition) is 3. The predicted molar refractivity (Wildman–Crippen MR) is 75.6 cm³/mol. The van der Waals surface area contributed by atoms with Crippen LogP contribution >= 0.6 is 0 Å². The van der Waals surface area contributed by atoms with Crippen molar-refractivity contribution in [3.8, 4) is 0 Å². The monoisotopic (exact) mass is 256 g/mol. The maximum Gasteiger partial charge on any atom is 0.0518 e. The van der Waals surface area contributed by atoms with Gasteiger partial charge >= 0.3 is 0 Å². The van der Waals surface area contributed by atoms with Gasteiger partial charge < -0.3 is 10.6 Å². The summed E-state index contributed by atoms with van der Waals surface area (Å²) >= 11 is 0. The number of benzene rings is 1. The van der Waals surface area contributed by atoms with Gasteiger partial charge in [0.2, 0.25) is 0 Å². The molecule has 0 fully saturated rings. The first-order valence-corrected chi connectivity index (χ1v) is 6.83. The van der Waals surface area contributed by atoms with Gasteiger partial charge in [-0.3, -0.25) is 4.68 Å². The predicted octanol–water partition coefficient (Wildman–Crippen LogP) is 1.74. The average molecular weight is 256 g/mol. The van der Waals surface area contributed by atoms with Gasteiger partial charge in [0.1, 0.15) is 0 Å². The van der Waals surface area contributed by atoms with Gasteiger partial charge in [-0.25, -0.2) is 0 Å². The van der Waals surface area contributed by atoms with Crippen molar-refractivity contribution in [1.82, 2.24) is 20.4 Å². The molecule has 1 aliphatic heterocycles. The molecule has 0 aliphatic carbocycles. The van der Waals surface area contributed by atoms with Gasteiger partial charge in [0.25, 0.3) is 0 Å². The van der Waals surface area contributed by atoms with Crippen molar-refractivity contribution in [2.24, 2.45) is 7.05 Å². The van der Waals surface area contributed by atoms with Crippen molar-refractivity contribution in [1.29, 1.82) is 0 Å². The highest BCUT2D eigenvalue weighted by atomic mass is 15.3. The summed E-state index contributed by atoms with van der Waals surface area (Å²) in [5.41, 5.74) is 4.05. The SMILES string of the molecule is Cn1nccc1CNC1CCNCc2ccccc21. The number of nitrogens with zero attached hydrogens (tertiary/aromatic N) is 2. The van der Waals surface area contributed by atoms with E-state index in [-0.39, 0.29) is 0 Å². The highest BCUT2D eigenvalue weighted by molar-refractivity contribution is 5.31. The van der Waals surface area contributed by atoms with Crippen LogP contribution in [0.25, 0.3) is 0 Å². The molecule has 2 heterocycles. The summed E-state index contributed by atoms with van der Waals surface area (Å²) in [5, 5.41) is 11.3. The molecule has 100 valence electrons. The summed E-state index contributed by atoms with van der Waals surface area (Å²) in [6.07, 6.45) is 2.97. The Bertz CT molecular complexity index is 547. The van der Waals surface area contributed by atoms with Crippen LogP contribution < -0.4 is 10.6 Å². The smallest absolute Gasteiger partial charge is 0.0518 e. The molecular weight excluding hydrogens is 236 g/mol. The fourth-order valence-electron chi connectivity index (χ4n) is 2.67. The molecule has 2 N–H and O–H groups in total. The Labute approximate surface area is 113 Å². The topological polar surface area (TPSA) is 41.9 Å². The molecular formula is C15H20N4. The lowest BCUT2D eigenvalue weighted by molar-refractivity contribution is 0.484. The normalized spacial score (nSPS) is 18.9. The van der Waals surface area contributed by atoms with Crippen molar-refractivity contribution in [2.45, 2.75) is 25.6 Å². The van der Waals surface area contributed by atoms with Crippen LogP contribution in [0.15, 0.2) is 36.5 Å². The van der Waals surface area contributed by atoms with Crippen molar-refractivity contribution >= 4 is 0 Å². The lowest BCUT2D eigenvalue weighted by Gasteiger charge is -2.19. The highest BCUT2D eigenvalue weighted by Crippen LogP contribution is 2.23. The number of aromatic nitrogens is 2. The summed E-state index contributed by atoms with van der Waals surface area (Å²) in [6.45, 7) is 2.88. The molecule has 1 aliphatic rings. The van der Waals surface area contributed by atoms with Crippen molar-refractivity contribution in [2.75, 3.05) is 6.54 Å². The van der Waals surface area contributed by atoms with Gasteiger partial charge in [0, 0.05) is 32.4 Å². The van der Waals surface area contributed by atoms with Crippen LogP contribution in [0.3, 0.4) is 0 Å². The van der Waals surface area contributed by atoms with E-state index in [4.69, 9.17) is 0 Å². The number of aryl methyl sites for hydroxylation is 1. The van der Waals surface area contributed by atoms with Crippen molar-refractivity contribution in [3.05, 3.63) is 53.3 Å². The minimum Gasteiger partial charge on any atom is -0.313 e. The summed E-state index contributed by atoms with van der Waals surface area (Å²) in [7, 11) is 1.99. The first-order valence-electron chi connectivity index (χ1n) is 6.83. The van der Waals surface area contributed by atoms with Crippen LogP contribution in [-0.4, -0.2) is 16.3 Å². The lowest BCUT2D eigenvalue weighted by atomic mass is 9.99. The zero-order valence-electron chi connectivity index (χ0n) is 11.3. The molecule has 0 radical (unpaired) electrons. The maximum absolute atomic E-state index is 4.21. The molecule has 3 rings (SSSR count). The third kappa shape index (κ3) is 2.69. The molecule has 0 amide bonds. The lowest BCUT2D eigenvalue weighted by Crippen LogP contribution is -2.23. The zero-order chi connectivity index (χ0) is 13.1. The molecule has 2 aromatic rings. The molecule has 1 aromatic carbocycles. The first-order chi connectivity index (χ1) is 9.34. The number of nitrogens with one attached hydrogen (secondary N) is 2.